The average Bonchev–Trinajstić information content (AvgIpc) is 2.63. The molecule has 4 nitrogen and oxygen atoms in total. The number of benzene rings is 2. The molecule has 2 aromatic carbocycles. The summed E-state index contributed by atoms with van der Waals surface area (Å²) in [4.78, 5) is 16.3. The molecule has 25 heavy (non-hydrogen) atoms. The van der Waals surface area contributed by atoms with Crippen LogP contribution in [0.5, 0.6) is 0 Å². The predicted molar refractivity (Wildman–Crippen MR) is 96.5 cm³/mol. The maximum Gasteiger partial charge on any atom is 0.270 e. The molecule has 0 saturated carbocycles. The van der Waals surface area contributed by atoms with Gasteiger partial charge in [0.05, 0.1) is 5.69 Å². The Bertz CT molecular complexity index is 901. The fourth-order valence-corrected chi connectivity index (χ4v) is 2.46. The Morgan fingerprint density at radius 1 is 1.08 bits per heavy atom. The second kappa shape index (κ2) is 7.77. The summed E-state index contributed by atoms with van der Waals surface area (Å²) in [5.41, 5.74) is 1.95. The van der Waals surface area contributed by atoms with Crippen LogP contribution >= 0.6 is 11.6 Å². The van der Waals surface area contributed by atoms with E-state index in [0.29, 0.717) is 22.9 Å². The van der Waals surface area contributed by atoms with Crippen molar-refractivity contribution in [2.24, 2.45) is 0 Å². The molecule has 1 amide bonds. The molecule has 0 aliphatic rings. The van der Waals surface area contributed by atoms with Crippen molar-refractivity contribution < 1.29 is 9.18 Å². The zero-order chi connectivity index (χ0) is 17.6. The lowest BCUT2D eigenvalue weighted by atomic mass is 10.2. The summed E-state index contributed by atoms with van der Waals surface area (Å²) in [5, 5.41) is 6.29. The molecule has 0 spiro atoms. The summed E-state index contributed by atoms with van der Waals surface area (Å²) < 4.78 is 13.7. The van der Waals surface area contributed by atoms with Crippen LogP contribution < -0.4 is 10.6 Å². The summed E-state index contributed by atoms with van der Waals surface area (Å²) in [6.07, 6.45) is 1.49. The topological polar surface area (TPSA) is 54.0 Å². The van der Waals surface area contributed by atoms with Gasteiger partial charge in [-0.2, -0.15) is 0 Å². The first kappa shape index (κ1) is 16.9. The van der Waals surface area contributed by atoms with Crippen molar-refractivity contribution in [2.45, 2.75) is 6.54 Å². The van der Waals surface area contributed by atoms with E-state index in [1.807, 2.05) is 18.2 Å². The van der Waals surface area contributed by atoms with Gasteiger partial charge in [-0.05, 0) is 35.9 Å². The summed E-state index contributed by atoms with van der Waals surface area (Å²) in [7, 11) is 0. The first-order valence-electron chi connectivity index (χ1n) is 7.63. The minimum atomic E-state index is -0.371. The average molecular weight is 356 g/mol. The van der Waals surface area contributed by atoms with E-state index in [0.717, 1.165) is 5.56 Å². The molecule has 0 saturated heterocycles. The zero-order valence-electron chi connectivity index (χ0n) is 13.2. The van der Waals surface area contributed by atoms with Gasteiger partial charge >= 0.3 is 0 Å². The molecular formula is C19H15ClFN3O. The van der Waals surface area contributed by atoms with Crippen molar-refractivity contribution in [2.75, 3.05) is 5.32 Å². The fourth-order valence-electron chi connectivity index (χ4n) is 2.26. The highest BCUT2D eigenvalue weighted by Gasteiger charge is 2.09. The fraction of sp³-hybridized carbons (Fsp3) is 0.0526. The monoisotopic (exact) mass is 355 g/mol. The normalized spacial score (nSPS) is 10.3. The van der Waals surface area contributed by atoms with Crippen LogP contribution in [0.3, 0.4) is 0 Å². The van der Waals surface area contributed by atoms with E-state index >= 15 is 0 Å². The Balaban J connectivity index is 1.69. The van der Waals surface area contributed by atoms with Crippen LogP contribution in [0.1, 0.15) is 16.1 Å². The number of anilines is 2. The smallest absolute Gasteiger partial charge is 0.270 e. The third kappa shape index (κ3) is 4.33. The Hall–Kier alpha value is -2.92. The largest absolute Gasteiger partial charge is 0.353 e. The molecule has 3 rings (SSSR count). The predicted octanol–water partition coefficient (Wildman–Crippen LogP) is 4.55. The molecule has 1 heterocycles. The van der Waals surface area contributed by atoms with E-state index in [9.17, 15) is 9.18 Å². The van der Waals surface area contributed by atoms with Crippen LogP contribution in [0.4, 0.5) is 15.8 Å². The Morgan fingerprint density at radius 2 is 1.84 bits per heavy atom. The summed E-state index contributed by atoms with van der Waals surface area (Å²) in [6.45, 7) is 0.297. The number of pyridine rings is 1. The van der Waals surface area contributed by atoms with Crippen LogP contribution in [-0.4, -0.2) is 10.9 Å². The van der Waals surface area contributed by atoms with Crippen molar-refractivity contribution in [3.63, 3.8) is 0 Å². The van der Waals surface area contributed by atoms with Crippen molar-refractivity contribution in [1.82, 2.24) is 10.3 Å². The number of rotatable bonds is 5. The zero-order valence-corrected chi connectivity index (χ0v) is 13.9. The number of carbonyl (C=O) groups excluding carboxylic acids is 1. The van der Waals surface area contributed by atoms with Crippen molar-refractivity contribution in [3.05, 3.63) is 89.0 Å². The third-order valence-electron chi connectivity index (χ3n) is 3.54. The lowest BCUT2D eigenvalue weighted by Gasteiger charge is -2.09. The van der Waals surface area contributed by atoms with E-state index in [4.69, 9.17) is 11.6 Å². The standard InChI is InChI=1S/C19H15ClFN3O/c20-15-6-2-1-5-13(15)12-23-19(25)18-11-14(9-10-22-18)24-17-8-4-3-7-16(17)21/h1-11H,12H2,(H,22,24)(H,23,25). The molecule has 0 aliphatic heterocycles. The SMILES string of the molecule is O=C(NCc1ccccc1Cl)c1cc(Nc2ccccc2F)ccn1. The number of halogens is 2. The van der Waals surface area contributed by atoms with Crippen LogP contribution in [0.2, 0.25) is 5.02 Å². The molecule has 1 aromatic heterocycles. The van der Waals surface area contributed by atoms with E-state index < -0.39 is 0 Å². The molecule has 2 N–H and O–H groups in total. The number of aromatic nitrogens is 1. The van der Waals surface area contributed by atoms with E-state index in [2.05, 4.69) is 15.6 Å². The Morgan fingerprint density at radius 3 is 2.64 bits per heavy atom. The number of carbonyl (C=O) groups is 1. The number of amides is 1. The molecule has 0 fully saturated rings. The van der Waals surface area contributed by atoms with Crippen LogP contribution in [0, 0.1) is 5.82 Å². The van der Waals surface area contributed by atoms with Gasteiger partial charge < -0.3 is 10.6 Å². The van der Waals surface area contributed by atoms with Crippen LogP contribution in [-0.2, 0) is 6.54 Å². The molecule has 126 valence electrons. The number of nitrogens with one attached hydrogen (secondary N) is 2. The van der Waals surface area contributed by atoms with Crippen molar-refractivity contribution in [1.29, 1.82) is 0 Å². The molecule has 0 bridgehead atoms. The number of hydrogen-bond acceptors (Lipinski definition) is 3. The van der Waals surface area contributed by atoms with Crippen molar-refractivity contribution in [3.8, 4) is 0 Å². The highest BCUT2D eigenvalue weighted by molar-refractivity contribution is 6.31. The Kier molecular flexibility index (Phi) is 5.26. The second-order valence-electron chi connectivity index (χ2n) is 5.31. The van der Waals surface area contributed by atoms with Gasteiger partial charge in [0.15, 0.2) is 0 Å². The Labute approximate surface area is 149 Å². The van der Waals surface area contributed by atoms with Gasteiger partial charge in [0.25, 0.3) is 5.91 Å². The van der Waals surface area contributed by atoms with Crippen LogP contribution in [0.15, 0.2) is 66.9 Å². The van der Waals surface area contributed by atoms with E-state index in [1.54, 1.807) is 36.4 Å². The third-order valence-corrected chi connectivity index (χ3v) is 3.91. The van der Waals surface area contributed by atoms with Gasteiger partial charge in [-0.3, -0.25) is 9.78 Å². The number of para-hydroxylation sites is 1. The lowest BCUT2D eigenvalue weighted by molar-refractivity contribution is 0.0946. The highest BCUT2D eigenvalue weighted by Crippen LogP contribution is 2.20. The van der Waals surface area contributed by atoms with Gasteiger partial charge in [-0.1, -0.05) is 41.9 Å². The number of hydrogen-bond donors (Lipinski definition) is 2. The van der Waals surface area contributed by atoms with Gasteiger partial charge in [0.1, 0.15) is 11.5 Å². The molecule has 0 atom stereocenters. The quantitative estimate of drug-likeness (QED) is 0.706. The van der Waals surface area contributed by atoms with Gasteiger partial charge in [0, 0.05) is 23.5 Å². The second-order valence-corrected chi connectivity index (χ2v) is 5.72. The van der Waals surface area contributed by atoms with Gasteiger partial charge in [-0.15, -0.1) is 0 Å². The summed E-state index contributed by atoms with van der Waals surface area (Å²) >= 11 is 6.07. The minimum absolute atomic E-state index is 0.230. The minimum Gasteiger partial charge on any atom is -0.353 e. The summed E-state index contributed by atoms with van der Waals surface area (Å²) in [6, 6.07) is 16.8. The molecule has 3 aromatic rings. The molecule has 0 aliphatic carbocycles. The molecule has 0 radical (unpaired) electrons. The lowest BCUT2D eigenvalue weighted by Crippen LogP contribution is -2.24. The van der Waals surface area contributed by atoms with E-state index in [-0.39, 0.29) is 17.4 Å². The molecule has 6 heteroatoms. The van der Waals surface area contributed by atoms with Gasteiger partial charge in [0.2, 0.25) is 0 Å². The summed E-state index contributed by atoms with van der Waals surface area (Å²) in [5.74, 6) is -0.707. The van der Waals surface area contributed by atoms with Crippen LogP contribution in [0.25, 0.3) is 0 Å². The van der Waals surface area contributed by atoms with Crippen molar-refractivity contribution >= 4 is 28.9 Å². The first-order chi connectivity index (χ1) is 12.1. The van der Waals surface area contributed by atoms with Gasteiger partial charge in [-0.25, -0.2) is 4.39 Å². The molecular weight excluding hydrogens is 341 g/mol. The highest BCUT2D eigenvalue weighted by atomic mass is 35.5. The maximum atomic E-state index is 13.7. The maximum absolute atomic E-state index is 13.7. The number of nitrogens with zero attached hydrogens (tertiary/aromatic N) is 1. The molecule has 0 unspecified atom stereocenters. The van der Waals surface area contributed by atoms with E-state index in [1.165, 1.54) is 12.3 Å². The first-order valence-corrected chi connectivity index (χ1v) is 8.00.